The van der Waals surface area contributed by atoms with Gasteiger partial charge in [0.25, 0.3) is 0 Å². The zero-order valence-electron chi connectivity index (χ0n) is 20.0. The van der Waals surface area contributed by atoms with Gasteiger partial charge in [-0.15, -0.1) is 0 Å². The van der Waals surface area contributed by atoms with Crippen molar-refractivity contribution < 1.29 is 17.6 Å². The van der Waals surface area contributed by atoms with E-state index in [1.165, 1.54) is 17.8 Å². The van der Waals surface area contributed by atoms with Gasteiger partial charge in [0.1, 0.15) is 11.5 Å². The summed E-state index contributed by atoms with van der Waals surface area (Å²) in [6, 6.07) is 20.3. The van der Waals surface area contributed by atoms with Crippen molar-refractivity contribution in [3.63, 3.8) is 0 Å². The highest BCUT2D eigenvalue weighted by Crippen LogP contribution is 2.37. The van der Waals surface area contributed by atoms with Crippen molar-refractivity contribution in [2.45, 2.75) is 25.6 Å². The predicted octanol–water partition coefficient (Wildman–Crippen LogP) is 5.64. The van der Waals surface area contributed by atoms with Gasteiger partial charge in [-0.05, 0) is 48.7 Å². The molecule has 1 aromatic heterocycles. The number of benzene rings is 2. The Labute approximate surface area is 204 Å². The van der Waals surface area contributed by atoms with E-state index in [0.717, 1.165) is 62.9 Å². The predicted molar refractivity (Wildman–Crippen MR) is 131 cm³/mol. The third kappa shape index (κ3) is 5.73. The molecule has 2 fully saturated rings. The van der Waals surface area contributed by atoms with Gasteiger partial charge in [0.2, 0.25) is 0 Å². The molecule has 2 atom stereocenters. The number of para-hydroxylation sites is 1. The highest BCUT2D eigenvalue weighted by atomic mass is 19.4. The number of aryl methyl sites for hydroxylation is 1. The van der Waals surface area contributed by atoms with Crippen LogP contribution in [0, 0.1) is 12.8 Å². The number of alkyl halides is 3. The van der Waals surface area contributed by atoms with E-state index >= 15 is 0 Å². The second-order valence-electron chi connectivity index (χ2n) is 9.82. The number of rotatable bonds is 6. The Kier molecular flexibility index (Phi) is 6.89. The van der Waals surface area contributed by atoms with Crippen molar-refractivity contribution in [2.24, 2.45) is 5.92 Å². The molecule has 2 aliphatic heterocycles. The van der Waals surface area contributed by atoms with E-state index in [0.29, 0.717) is 6.54 Å². The molecule has 4 nitrogen and oxygen atoms in total. The van der Waals surface area contributed by atoms with Crippen LogP contribution in [-0.2, 0) is 12.7 Å². The maximum absolute atomic E-state index is 13.4. The summed E-state index contributed by atoms with van der Waals surface area (Å²) in [7, 11) is 0. The van der Waals surface area contributed by atoms with Gasteiger partial charge in [-0.25, -0.2) is 0 Å². The number of hydrogen-bond donors (Lipinski definition) is 0. The Morgan fingerprint density at radius 1 is 0.857 bits per heavy atom. The van der Waals surface area contributed by atoms with Gasteiger partial charge in [0.05, 0.1) is 12.1 Å². The van der Waals surface area contributed by atoms with Crippen LogP contribution in [0.15, 0.2) is 71.1 Å². The molecule has 7 heteroatoms. The Hall–Kier alpha value is -2.77. The Morgan fingerprint density at radius 3 is 2.31 bits per heavy atom. The fourth-order valence-electron chi connectivity index (χ4n) is 5.55. The maximum atomic E-state index is 13.4. The third-order valence-electron chi connectivity index (χ3n) is 7.32. The zero-order valence-corrected chi connectivity index (χ0v) is 20.0. The van der Waals surface area contributed by atoms with Gasteiger partial charge in [-0.1, -0.05) is 36.4 Å². The van der Waals surface area contributed by atoms with Crippen LogP contribution in [-0.4, -0.2) is 55.6 Å². The first kappa shape index (κ1) is 23.9. The summed E-state index contributed by atoms with van der Waals surface area (Å²) >= 11 is 0. The van der Waals surface area contributed by atoms with Crippen LogP contribution < -0.4 is 4.90 Å². The number of furan rings is 1. The lowest BCUT2D eigenvalue weighted by Gasteiger charge is -2.38. The molecule has 0 amide bonds. The minimum atomic E-state index is -4.33. The molecule has 0 aliphatic carbocycles. The summed E-state index contributed by atoms with van der Waals surface area (Å²) in [5.41, 5.74) is 1.46. The Bertz CT molecular complexity index is 1110. The highest BCUT2D eigenvalue weighted by molar-refractivity contribution is 5.46. The summed E-state index contributed by atoms with van der Waals surface area (Å²) in [6.45, 7) is 8.90. The van der Waals surface area contributed by atoms with Crippen LogP contribution in [0.4, 0.5) is 18.9 Å². The summed E-state index contributed by atoms with van der Waals surface area (Å²) in [4.78, 5) is 7.21. The molecular formula is C28H32F3N3O. The minimum absolute atomic E-state index is 0.0560. The van der Waals surface area contributed by atoms with Crippen molar-refractivity contribution >= 4 is 5.69 Å². The van der Waals surface area contributed by atoms with Crippen LogP contribution in [0.5, 0.6) is 0 Å². The standard InChI is InChI=1S/C28H32F3N3O/c1-21-10-11-26(35-21)19-33-18-23(27(20-33)22-6-5-7-24(16-22)28(29,30)31)17-32-12-14-34(15-13-32)25-8-3-2-4-9-25/h2-11,16,23,27H,12-15,17-20H2,1H3/t23-,27-/m0/s1. The van der Waals surface area contributed by atoms with Crippen LogP contribution in [0.3, 0.4) is 0 Å². The quantitative estimate of drug-likeness (QED) is 0.452. The van der Waals surface area contributed by atoms with Crippen molar-refractivity contribution in [1.29, 1.82) is 0 Å². The normalized spacial score (nSPS) is 22.1. The lowest BCUT2D eigenvalue weighted by molar-refractivity contribution is -0.137. The number of hydrogen-bond acceptors (Lipinski definition) is 4. The SMILES string of the molecule is Cc1ccc(CN2C[C@H](CN3CCN(c4ccccc4)CC3)[C@H](c3cccc(C(F)(F)F)c3)C2)o1. The molecule has 0 radical (unpaired) electrons. The Balaban J connectivity index is 1.30. The van der Waals surface area contributed by atoms with E-state index < -0.39 is 11.7 Å². The number of likely N-dealkylation sites (tertiary alicyclic amines) is 1. The van der Waals surface area contributed by atoms with Crippen molar-refractivity contribution in [2.75, 3.05) is 50.7 Å². The fourth-order valence-corrected chi connectivity index (χ4v) is 5.55. The smallest absolute Gasteiger partial charge is 0.416 e. The molecule has 0 unspecified atom stereocenters. The monoisotopic (exact) mass is 483 g/mol. The first-order valence-electron chi connectivity index (χ1n) is 12.3. The molecule has 5 rings (SSSR count). The molecular weight excluding hydrogens is 451 g/mol. The van der Waals surface area contributed by atoms with E-state index in [1.807, 2.05) is 31.2 Å². The molecule has 0 bridgehead atoms. The topological polar surface area (TPSA) is 22.9 Å². The van der Waals surface area contributed by atoms with Gasteiger partial charge in [0, 0.05) is 57.4 Å². The van der Waals surface area contributed by atoms with Crippen LogP contribution >= 0.6 is 0 Å². The van der Waals surface area contributed by atoms with Gasteiger partial charge < -0.3 is 9.32 Å². The zero-order chi connectivity index (χ0) is 24.4. The molecule has 3 heterocycles. The average molecular weight is 484 g/mol. The van der Waals surface area contributed by atoms with Crippen molar-refractivity contribution in [3.05, 3.63) is 89.4 Å². The average Bonchev–Trinajstić information content (AvgIpc) is 3.45. The van der Waals surface area contributed by atoms with Gasteiger partial charge in [0.15, 0.2) is 0 Å². The molecule has 3 aromatic rings. The maximum Gasteiger partial charge on any atom is 0.416 e. The Morgan fingerprint density at radius 2 is 1.63 bits per heavy atom. The second kappa shape index (κ2) is 10.1. The van der Waals surface area contributed by atoms with Gasteiger partial charge >= 0.3 is 6.18 Å². The second-order valence-corrected chi connectivity index (χ2v) is 9.82. The molecule has 0 N–H and O–H groups in total. The molecule has 0 spiro atoms. The lowest BCUT2D eigenvalue weighted by Crippen LogP contribution is -2.48. The van der Waals surface area contributed by atoms with E-state index in [-0.39, 0.29) is 11.8 Å². The molecule has 186 valence electrons. The van der Waals surface area contributed by atoms with E-state index in [2.05, 4.69) is 39.0 Å². The largest absolute Gasteiger partial charge is 0.465 e. The van der Waals surface area contributed by atoms with E-state index in [1.54, 1.807) is 6.07 Å². The first-order valence-corrected chi connectivity index (χ1v) is 12.3. The molecule has 2 aromatic carbocycles. The molecule has 2 aliphatic rings. The van der Waals surface area contributed by atoms with E-state index in [4.69, 9.17) is 4.42 Å². The summed E-state index contributed by atoms with van der Waals surface area (Å²) in [5, 5.41) is 0. The van der Waals surface area contributed by atoms with Crippen LogP contribution in [0.25, 0.3) is 0 Å². The minimum Gasteiger partial charge on any atom is -0.465 e. The summed E-state index contributed by atoms with van der Waals surface area (Å²) in [5.74, 6) is 2.10. The molecule has 2 saturated heterocycles. The van der Waals surface area contributed by atoms with Crippen LogP contribution in [0.2, 0.25) is 0 Å². The van der Waals surface area contributed by atoms with Crippen molar-refractivity contribution in [1.82, 2.24) is 9.80 Å². The number of anilines is 1. The van der Waals surface area contributed by atoms with Crippen LogP contribution in [0.1, 0.15) is 28.6 Å². The number of nitrogens with zero attached hydrogens (tertiary/aromatic N) is 3. The number of halogens is 3. The van der Waals surface area contributed by atoms with Gasteiger partial charge in [-0.2, -0.15) is 13.2 Å². The highest BCUT2D eigenvalue weighted by Gasteiger charge is 2.37. The van der Waals surface area contributed by atoms with Gasteiger partial charge in [-0.3, -0.25) is 9.80 Å². The molecule has 35 heavy (non-hydrogen) atoms. The fraction of sp³-hybridized carbons (Fsp3) is 0.429. The summed E-state index contributed by atoms with van der Waals surface area (Å²) < 4.78 is 46.1. The van der Waals surface area contributed by atoms with E-state index in [9.17, 15) is 13.2 Å². The number of piperazine rings is 1. The van der Waals surface area contributed by atoms with Crippen molar-refractivity contribution in [3.8, 4) is 0 Å². The third-order valence-corrected chi connectivity index (χ3v) is 7.32. The molecule has 0 saturated carbocycles. The summed E-state index contributed by atoms with van der Waals surface area (Å²) in [6.07, 6.45) is -4.33. The first-order chi connectivity index (χ1) is 16.8. The lowest BCUT2D eigenvalue weighted by atomic mass is 9.87.